The van der Waals surface area contributed by atoms with Gasteiger partial charge in [0.2, 0.25) is 0 Å². The Bertz CT molecular complexity index is 419. The Morgan fingerprint density at radius 2 is 1.87 bits per heavy atom. The van der Waals surface area contributed by atoms with Crippen molar-refractivity contribution in [3.8, 4) is 0 Å². The Balaban J connectivity index is 2.58. The molecule has 0 aromatic heterocycles. The monoisotopic (exact) mass is 293 g/mol. The topological polar surface area (TPSA) is 66.4 Å². The summed E-state index contributed by atoms with van der Waals surface area (Å²) in [5.41, 5.74) is 2.11. The van der Waals surface area contributed by atoms with Gasteiger partial charge in [-0.2, -0.15) is 8.42 Å². The lowest BCUT2D eigenvalue weighted by molar-refractivity contribution is 0.476. The fraction of sp³-hybridized carbons (Fsp3) is 0.333. The number of nitrogens with one attached hydrogen (secondary N) is 1. The summed E-state index contributed by atoms with van der Waals surface area (Å²) in [4.78, 5) is 0. The van der Waals surface area contributed by atoms with E-state index in [1.807, 2.05) is 24.3 Å². The van der Waals surface area contributed by atoms with Crippen molar-refractivity contribution in [1.29, 1.82) is 0 Å². The average Bonchev–Trinajstić information content (AvgIpc) is 2.16. The average molecular weight is 294 g/mol. The zero-order valence-electron chi connectivity index (χ0n) is 7.98. The van der Waals surface area contributed by atoms with Crippen LogP contribution in [0.15, 0.2) is 24.3 Å². The van der Waals surface area contributed by atoms with Gasteiger partial charge in [0.1, 0.15) is 5.88 Å². The number of hydrogen-bond acceptors (Lipinski definition) is 3. The van der Waals surface area contributed by atoms with Crippen LogP contribution in [0.5, 0.6) is 0 Å². The summed E-state index contributed by atoms with van der Waals surface area (Å²) >= 11 is 3.34. The van der Waals surface area contributed by atoms with Gasteiger partial charge < -0.3 is 0 Å². The molecule has 1 aromatic rings. The molecule has 0 aliphatic rings. The van der Waals surface area contributed by atoms with Gasteiger partial charge in [-0.15, -0.1) is 0 Å². The van der Waals surface area contributed by atoms with Gasteiger partial charge in [-0.05, 0) is 11.1 Å². The maximum Gasteiger partial charge on any atom is 0.278 e. The quantitative estimate of drug-likeness (QED) is 0.638. The largest absolute Gasteiger partial charge is 0.298 e. The summed E-state index contributed by atoms with van der Waals surface area (Å²) in [6, 6.07) is 7.67. The first-order valence-corrected chi connectivity index (χ1v) is 7.04. The molecule has 6 heteroatoms. The summed E-state index contributed by atoms with van der Waals surface area (Å²) in [6.45, 7) is 0.418. The maximum absolute atomic E-state index is 10.5. The highest BCUT2D eigenvalue weighted by Crippen LogP contribution is 2.11. The van der Waals surface area contributed by atoms with Gasteiger partial charge in [-0.25, -0.2) is 0 Å². The molecule has 0 radical (unpaired) electrons. The molecule has 4 nitrogen and oxygen atoms in total. The van der Waals surface area contributed by atoms with Crippen LogP contribution in [0.2, 0.25) is 0 Å². The molecule has 1 rings (SSSR count). The van der Waals surface area contributed by atoms with E-state index in [0.717, 1.165) is 16.5 Å². The van der Waals surface area contributed by atoms with E-state index in [-0.39, 0.29) is 0 Å². The minimum absolute atomic E-state index is 0.418. The van der Waals surface area contributed by atoms with Crippen molar-refractivity contribution >= 4 is 26.0 Å². The molecule has 0 fully saturated rings. The van der Waals surface area contributed by atoms with E-state index in [1.165, 1.54) is 0 Å². The minimum Gasteiger partial charge on any atom is -0.298 e. The highest BCUT2D eigenvalue weighted by molar-refractivity contribution is 9.08. The zero-order chi connectivity index (χ0) is 11.3. The number of alkyl halides is 1. The van der Waals surface area contributed by atoms with Crippen LogP contribution < -0.4 is 5.32 Å². The Labute approximate surface area is 97.6 Å². The molecule has 0 atom stereocenters. The van der Waals surface area contributed by atoms with Gasteiger partial charge in [0, 0.05) is 11.9 Å². The van der Waals surface area contributed by atoms with E-state index < -0.39 is 16.0 Å². The Hall–Kier alpha value is -0.430. The van der Waals surface area contributed by atoms with Crippen LogP contribution in [0.4, 0.5) is 0 Å². The maximum atomic E-state index is 10.5. The standard InChI is InChI=1S/C9H12BrNO3S/c10-5-8-3-1-2-4-9(8)6-11-7-15(12,13)14/h1-4,11H,5-7H2,(H,12,13,14). The van der Waals surface area contributed by atoms with Gasteiger partial charge in [-0.3, -0.25) is 9.87 Å². The van der Waals surface area contributed by atoms with Crippen LogP contribution in [-0.4, -0.2) is 18.8 Å². The Kier molecular flexibility index (Phi) is 4.72. The van der Waals surface area contributed by atoms with E-state index in [9.17, 15) is 8.42 Å². The van der Waals surface area contributed by atoms with Crippen molar-refractivity contribution in [2.24, 2.45) is 0 Å². The van der Waals surface area contributed by atoms with E-state index in [0.29, 0.717) is 6.54 Å². The normalized spacial score (nSPS) is 11.6. The summed E-state index contributed by atoms with van der Waals surface area (Å²) < 4.78 is 29.4. The van der Waals surface area contributed by atoms with Crippen molar-refractivity contribution in [2.75, 3.05) is 5.88 Å². The van der Waals surface area contributed by atoms with Crippen LogP contribution in [-0.2, 0) is 22.0 Å². The minimum atomic E-state index is -3.94. The molecule has 0 aliphatic carbocycles. The number of benzene rings is 1. The van der Waals surface area contributed by atoms with Gasteiger partial charge in [0.25, 0.3) is 10.1 Å². The molecular formula is C9H12BrNO3S. The molecule has 1 aromatic carbocycles. The summed E-state index contributed by atoms with van der Waals surface area (Å²) in [5, 5.41) is 3.38. The first kappa shape index (κ1) is 12.6. The van der Waals surface area contributed by atoms with E-state index >= 15 is 0 Å². The summed E-state index contributed by atoms with van der Waals surface area (Å²) in [5.74, 6) is -0.427. The lowest BCUT2D eigenvalue weighted by Crippen LogP contribution is -2.22. The number of hydrogen-bond donors (Lipinski definition) is 2. The molecule has 0 spiro atoms. The molecule has 2 N–H and O–H groups in total. The molecule has 0 bridgehead atoms. The first-order chi connectivity index (χ1) is 7.03. The van der Waals surface area contributed by atoms with Gasteiger partial charge in [0.15, 0.2) is 0 Å². The van der Waals surface area contributed by atoms with E-state index in [1.54, 1.807) is 0 Å². The Morgan fingerprint density at radius 1 is 1.27 bits per heavy atom. The zero-order valence-corrected chi connectivity index (χ0v) is 10.4. The second-order valence-corrected chi connectivity index (χ2v) is 5.07. The predicted molar refractivity (Wildman–Crippen MR) is 62.3 cm³/mol. The lowest BCUT2D eigenvalue weighted by atomic mass is 10.1. The molecule has 0 aliphatic heterocycles. The van der Waals surface area contributed by atoms with Crippen LogP contribution in [0.1, 0.15) is 11.1 Å². The lowest BCUT2D eigenvalue weighted by Gasteiger charge is -2.07. The highest BCUT2D eigenvalue weighted by atomic mass is 79.9. The third-order valence-electron chi connectivity index (χ3n) is 1.86. The molecule has 0 amide bonds. The van der Waals surface area contributed by atoms with Crippen molar-refractivity contribution in [2.45, 2.75) is 11.9 Å². The van der Waals surface area contributed by atoms with Crippen molar-refractivity contribution in [3.63, 3.8) is 0 Å². The fourth-order valence-corrected chi connectivity index (χ4v) is 2.08. The van der Waals surface area contributed by atoms with Crippen LogP contribution in [0.3, 0.4) is 0 Å². The molecule has 0 saturated heterocycles. The molecule has 0 saturated carbocycles. The molecule has 84 valence electrons. The second-order valence-electron chi connectivity index (χ2n) is 3.06. The summed E-state index contributed by atoms with van der Waals surface area (Å²) in [6.07, 6.45) is 0. The number of halogens is 1. The molecule has 0 unspecified atom stereocenters. The molecular weight excluding hydrogens is 282 g/mol. The number of rotatable bonds is 5. The molecule has 0 heterocycles. The summed E-state index contributed by atoms with van der Waals surface area (Å²) in [7, 11) is -3.94. The second kappa shape index (κ2) is 5.60. The van der Waals surface area contributed by atoms with Crippen LogP contribution in [0, 0.1) is 0 Å². The third-order valence-corrected chi connectivity index (χ3v) is 3.04. The van der Waals surface area contributed by atoms with Gasteiger partial charge in [-0.1, -0.05) is 40.2 Å². The first-order valence-electron chi connectivity index (χ1n) is 4.31. The van der Waals surface area contributed by atoms with Gasteiger partial charge >= 0.3 is 0 Å². The van der Waals surface area contributed by atoms with Crippen molar-refractivity contribution in [3.05, 3.63) is 35.4 Å². The van der Waals surface area contributed by atoms with Crippen molar-refractivity contribution in [1.82, 2.24) is 5.32 Å². The smallest absolute Gasteiger partial charge is 0.278 e. The van der Waals surface area contributed by atoms with Gasteiger partial charge in [0.05, 0.1) is 0 Å². The SMILES string of the molecule is O=S(=O)(O)CNCc1ccccc1CBr. The van der Waals surface area contributed by atoms with Crippen LogP contribution >= 0.6 is 15.9 Å². The fourth-order valence-electron chi connectivity index (χ4n) is 1.17. The Morgan fingerprint density at radius 3 is 2.40 bits per heavy atom. The van der Waals surface area contributed by atoms with Crippen LogP contribution in [0.25, 0.3) is 0 Å². The third kappa shape index (κ3) is 4.74. The van der Waals surface area contributed by atoms with Crippen molar-refractivity contribution < 1.29 is 13.0 Å². The highest BCUT2D eigenvalue weighted by Gasteiger charge is 2.04. The predicted octanol–water partition coefficient (Wildman–Crippen LogP) is 1.52. The van der Waals surface area contributed by atoms with E-state index in [4.69, 9.17) is 4.55 Å². The van der Waals surface area contributed by atoms with E-state index in [2.05, 4.69) is 21.2 Å². The molecule has 15 heavy (non-hydrogen) atoms.